The first-order valence-corrected chi connectivity index (χ1v) is 6.13. The molecule has 2 rings (SSSR count). The average Bonchev–Trinajstić information content (AvgIpc) is 2.27. The number of aliphatic hydroxyl groups is 1. The second kappa shape index (κ2) is 4.75. The van der Waals surface area contributed by atoms with Crippen LogP contribution in [-0.4, -0.2) is 24.9 Å². The highest BCUT2D eigenvalue weighted by molar-refractivity contribution is 6.31. The van der Waals surface area contributed by atoms with Gasteiger partial charge in [-0.1, -0.05) is 25.4 Å². The van der Waals surface area contributed by atoms with Gasteiger partial charge in [0, 0.05) is 17.7 Å². The van der Waals surface area contributed by atoms with Gasteiger partial charge in [0.1, 0.15) is 13.2 Å². The van der Waals surface area contributed by atoms with Gasteiger partial charge in [-0.25, -0.2) is 0 Å². The number of rotatable bonds is 3. The lowest BCUT2D eigenvalue weighted by Crippen LogP contribution is -2.21. The van der Waals surface area contributed by atoms with Crippen LogP contribution in [0.15, 0.2) is 12.1 Å². The van der Waals surface area contributed by atoms with Gasteiger partial charge in [0.25, 0.3) is 0 Å². The number of hydrogen-bond donors (Lipinski definition) is 1. The van der Waals surface area contributed by atoms with Gasteiger partial charge in [0.2, 0.25) is 0 Å². The Balaban J connectivity index is 2.41. The molecule has 0 bridgehead atoms. The summed E-state index contributed by atoms with van der Waals surface area (Å²) in [6, 6.07) is 3.72. The Bertz CT molecular complexity index is 415. The maximum Gasteiger partial charge on any atom is 0.162 e. The summed E-state index contributed by atoms with van der Waals surface area (Å²) in [5, 5.41) is 9.75. The molecule has 3 nitrogen and oxygen atoms in total. The van der Waals surface area contributed by atoms with Crippen LogP contribution in [0.4, 0.5) is 0 Å². The van der Waals surface area contributed by atoms with E-state index in [1.165, 1.54) is 0 Å². The third kappa shape index (κ3) is 2.50. The molecule has 1 aromatic carbocycles. The molecular formula is C13H17ClO3. The number of aliphatic hydroxyl groups excluding tert-OH is 1. The minimum absolute atomic E-state index is 0.137. The molecule has 0 radical (unpaired) electrons. The second-order valence-corrected chi connectivity index (χ2v) is 5.24. The Morgan fingerprint density at radius 2 is 1.82 bits per heavy atom. The van der Waals surface area contributed by atoms with Crippen molar-refractivity contribution in [3.05, 3.63) is 22.7 Å². The van der Waals surface area contributed by atoms with Gasteiger partial charge < -0.3 is 14.6 Å². The van der Waals surface area contributed by atoms with Crippen molar-refractivity contribution in [3.8, 4) is 11.5 Å². The van der Waals surface area contributed by atoms with Crippen molar-refractivity contribution in [3.63, 3.8) is 0 Å². The van der Waals surface area contributed by atoms with Crippen molar-refractivity contribution in [1.29, 1.82) is 0 Å². The van der Waals surface area contributed by atoms with E-state index in [1.807, 2.05) is 6.07 Å². The van der Waals surface area contributed by atoms with E-state index >= 15 is 0 Å². The molecule has 0 atom stereocenters. The molecule has 0 spiro atoms. The van der Waals surface area contributed by atoms with Crippen LogP contribution < -0.4 is 9.47 Å². The fourth-order valence-corrected chi connectivity index (χ4v) is 2.41. The maximum absolute atomic E-state index is 9.09. The Hall–Kier alpha value is -0.930. The molecule has 1 aromatic rings. The van der Waals surface area contributed by atoms with Crippen LogP contribution in [-0.2, 0) is 5.41 Å². The number of fused-ring (bicyclic) bond motifs is 1. The highest BCUT2D eigenvalue weighted by Crippen LogP contribution is 2.41. The summed E-state index contributed by atoms with van der Waals surface area (Å²) < 4.78 is 11.0. The van der Waals surface area contributed by atoms with Gasteiger partial charge in [-0.2, -0.15) is 0 Å². The predicted octanol–water partition coefficient (Wildman–Crippen LogP) is 2.77. The molecule has 0 saturated carbocycles. The molecule has 0 saturated heterocycles. The van der Waals surface area contributed by atoms with E-state index in [2.05, 4.69) is 13.8 Å². The van der Waals surface area contributed by atoms with E-state index in [4.69, 9.17) is 26.2 Å². The first kappa shape index (κ1) is 12.5. The quantitative estimate of drug-likeness (QED) is 0.904. The van der Waals surface area contributed by atoms with E-state index in [-0.39, 0.29) is 12.0 Å². The van der Waals surface area contributed by atoms with Crippen LogP contribution in [0.5, 0.6) is 11.5 Å². The van der Waals surface area contributed by atoms with Crippen LogP contribution in [0.25, 0.3) is 0 Å². The average molecular weight is 257 g/mol. The van der Waals surface area contributed by atoms with Gasteiger partial charge in [-0.3, -0.25) is 0 Å². The van der Waals surface area contributed by atoms with E-state index in [0.717, 1.165) is 11.3 Å². The minimum Gasteiger partial charge on any atom is -0.486 e. The molecular weight excluding hydrogens is 240 g/mol. The molecule has 0 amide bonds. The molecule has 94 valence electrons. The Morgan fingerprint density at radius 1 is 1.24 bits per heavy atom. The number of hydrogen-bond acceptors (Lipinski definition) is 3. The van der Waals surface area contributed by atoms with Crippen LogP contribution in [0, 0.1) is 0 Å². The maximum atomic E-state index is 9.09. The zero-order chi connectivity index (χ0) is 12.5. The number of halogens is 1. The molecule has 0 fully saturated rings. The molecule has 1 aliphatic rings. The van der Waals surface area contributed by atoms with Crippen LogP contribution in [0.2, 0.25) is 5.02 Å². The molecule has 1 aliphatic heterocycles. The standard InChI is InChI=1S/C13H17ClO3/c1-13(2,3-4-15)9-7-11-12(8-10(9)14)17-6-5-16-11/h7-8,15H,3-6H2,1-2H3. The summed E-state index contributed by atoms with van der Waals surface area (Å²) in [5.41, 5.74) is 0.805. The number of benzene rings is 1. The molecule has 1 N–H and O–H groups in total. The van der Waals surface area contributed by atoms with E-state index in [9.17, 15) is 0 Å². The predicted molar refractivity (Wildman–Crippen MR) is 67.2 cm³/mol. The van der Waals surface area contributed by atoms with Crippen molar-refractivity contribution >= 4 is 11.6 Å². The lowest BCUT2D eigenvalue weighted by atomic mass is 9.81. The van der Waals surface area contributed by atoms with Gasteiger partial charge in [-0.15, -0.1) is 0 Å². The summed E-state index contributed by atoms with van der Waals surface area (Å²) in [5.74, 6) is 1.44. The fraction of sp³-hybridized carbons (Fsp3) is 0.538. The van der Waals surface area contributed by atoms with Crippen molar-refractivity contribution in [1.82, 2.24) is 0 Å². The molecule has 0 unspecified atom stereocenters. The van der Waals surface area contributed by atoms with Gasteiger partial charge >= 0.3 is 0 Å². The molecule has 4 heteroatoms. The molecule has 17 heavy (non-hydrogen) atoms. The lowest BCUT2D eigenvalue weighted by Gasteiger charge is -2.28. The zero-order valence-corrected chi connectivity index (χ0v) is 10.9. The SMILES string of the molecule is CC(C)(CCO)c1cc2c(cc1Cl)OCCO2. The van der Waals surface area contributed by atoms with Crippen LogP contribution >= 0.6 is 11.6 Å². The van der Waals surface area contributed by atoms with Gasteiger partial charge in [0.15, 0.2) is 11.5 Å². The largest absolute Gasteiger partial charge is 0.486 e. The Labute approximate surface area is 106 Å². The van der Waals surface area contributed by atoms with Crippen LogP contribution in [0.1, 0.15) is 25.8 Å². The topological polar surface area (TPSA) is 38.7 Å². The molecule has 0 aromatic heterocycles. The lowest BCUT2D eigenvalue weighted by molar-refractivity contribution is 0.171. The van der Waals surface area contributed by atoms with E-state index in [1.54, 1.807) is 6.07 Å². The molecule has 0 aliphatic carbocycles. The highest BCUT2D eigenvalue weighted by atomic mass is 35.5. The minimum atomic E-state index is -0.179. The summed E-state index contributed by atoms with van der Waals surface area (Å²) in [6.07, 6.45) is 0.659. The fourth-order valence-electron chi connectivity index (χ4n) is 2.00. The van der Waals surface area contributed by atoms with E-state index in [0.29, 0.717) is 30.4 Å². The summed E-state index contributed by atoms with van der Waals surface area (Å²) in [4.78, 5) is 0. The van der Waals surface area contributed by atoms with E-state index < -0.39 is 0 Å². The summed E-state index contributed by atoms with van der Waals surface area (Å²) >= 11 is 6.26. The Kier molecular flexibility index (Phi) is 3.50. The smallest absolute Gasteiger partial charge is 0.162 e. The highest BCUT2D eigenvalue weighted by Gasteiger charge is 2.26. The van der Waals surface area contributed by atoms with Crippen molar-refractivity contribution in [2.45, 2.75) is 25.7 Å². The Morgan fingerprint density at radius 3 is 2.41 bits per heavy atom. The van der Waals surface area contributed by atoms with Crippen molar-refractivity contribution in [2.75, 3.05) is 19.8 Å². The zero-order valence-electron chi connectivity index (χ0n) is 10.1. The monoisotopic (exact) mass is 256 g/mol. The second-order valence-electron chi connectivity index (χ2n) is 4.83. The number of ether oxygens (including phenoxy) is 2. The van der Waals surface area contributed by atoms with Gasteiger partial charge in [-0.05, 0) is 23.5 Å². The third-order valence-corrected chi connectivity index (χ3v) is 3.41. The first-order chi connectivity index (χ1) is 8.04. The van der Waals surface area contributed by atoms with Crippen LogP contribution in [0.3, 0.4) is 0 Å². The van der Waals surface area contributed by atoms with Crippen molar-refractivity contribution < 1.29 is 14.6 Å². The summed E-state index contributed by atoms with van der Waals surface area (Å²) in [6.45, 7) is 5.37. The normalized spacial score (nSPS) is 14.8. The third-order valence-electron chi connectivity index (χ3n) is 3.10. The summed E-state index contributed by atoms with van der Waals surface area (Å²) in [7, 11) is 0. The first-order valence-electron chi connectivity index (χ1n) is 5.75. The van der Waals surface area contributed by atoms with Crippen molar-refractivity contribution in [2.24, 2.45) is 0 Å². The molecule has 1 heterocycles. The van der Waals surface area contributed by atoms with Gasteiger partial charge in [0.05, 0.1) is 0 Å².